The number of nitrogens with zero attached hydrogens (tertiary/aromatic N) is 1. The number of piperidine rings is 1. The number of carbonyl (C=O) groups excluding carboxylic acids is 1. The Balaban J connectivity index is 1.99. The van der Waals surface area contributed by atoms with Crippen molar-refractivity contribution in [3.8, 4) is 0 Å². The Morgan fingerprint density at radius 1 is 1.46 bits per heavy atom. The summed E-state index contributed by atoms with van der Waals surface area (Å²) in [6.07, 6.45) is 2.34. The first-order valence-electron chi connectivity index (χ1n) is 5.03. The largest absolute Gasteiger partial charge is 0.369 e. The summed E-state index contributed by atoms with van der Waals surface area (Å²) in [4.78, 5) is 13.5. The number of nitrogens with one attached hydrogen (secondary N) is 1. The highest BCUT2D eigenvalue weighted by atomic mass is 16.1. The lowest BCUT2D eigenvalue weighted by atomic mass is 9.89. The molecule has 0 bridgehead atoms. The summed E-state index contributed by atoms with van der Waals surface area (Å²) >= 11 is 0. The molecular weight excluding hydrogens is 166 g/mol. The predicted molar refractivity (Wildman–Crippen MR) is 50.1 cm³/mol. The van der Waals surface area contributed by atoms with E-state index in [1.54, 1.807) is 0 Å². The maximum absolute atomic E-state index is 11.2. The summed E-state index contributed by atoms with van der Waals surface area (Å²) in [5, 5.41) is 3.22. The molecule has 4 heteroatoms. The van der Waals surface area contributed by atoms with E-state index in [2.05, 4.69) is 10.2 Å². The van der Waals surface area contributed by atoms with Gasteiger partial charge < -0.3 is 11.1 Å². The number of rotatable bonds is 2. The minimum absolute atomic E-state index is 0.0223. The summed E-state index contributed by atoms with van der Waals surface area (Å²) in [5.74, 6) is -0.127. The molecule has 4 nitrogen and oxygen atoms in total. The fraction of sp³-hybridized carbons (Fsp3) is 0.889. The molecule has 2 aliphatic rings. The van der Waals surface area contributed by atoms with Crippen LogP contribution >= 0.6 is 0 Å². The van der Waals surface area contributed by atoms with Crippen molar-refractivity contribution >= 4 is 5.91 Å². The van der Waals surface area contributed by atoms with Gasteiger partial charge in [0.15, 0.2) is 0 Å². The molecule has 2 rings (SSSR count). The molecular formula is C9H17N3O. The molecule has 0 saturated carbocycles. The van der Waals surface area contributed by atoms with Crippen LogP contribution in [0.1, 0.15) is 12.8 Å². The molecule has 13 heavy (non-hydrogen) atoms. The van der Waals surface area contributed by atoms with E-state index in [0.29, 0.717) is 6.04 Å². The number of carbonyl (C=O) groups is 1. The molecule has 74 valence electrons. The Hall–Kier alpha value is -0.610. The van der Waals surface area contributed by atoms with Crippen LogP contribution in [-0.2, 0) is 4.79 Å². The summed E-state index contributed by atoms with van der Waals surface area (Å²) in [7, 11) is 0. The van der Waals surface area contributed by atoms with Gasteiger partial charge >= 0.3 is 0 Å². The van der Waals surface area contributed by atoms with Crippen LogP contribution in [0.2, 0.25) is 0 Å². The highest BCUT2D eigenvalue weighted by Gasteiger charge is 2.35. The van der Waals surface area contributed by atoms with E-state index in [9.17, 15) is 4.79 Å². The van der Waals surface area contributed by atoms with Crippen LogP contribution in [-0.4, -0.2) is 43.0 Å². The third-order valence-corrected chi connectivity index (χ3v) is 3.17. The van der Waals surface area contributed by atoms with Crippen molar-refractivity contribution < 1.29 is 4.79 Å². The van der Waals surface area contributed by atoms with Crippen LogP contribution in [0.25, 0.3) is 0 Å². The summed E-state index contributed by atoms with van der Waals surface area (Å²) in [5.41, 5.74) is 5.37. The molecule has 0 aliphatic carbocycles. The van der Waals surface area contributed by atoms with Gasteiger partial charge in [0.25, 0.3) is 0 Å². The van der Waals surface area contributed by atoms with Gasteiger partial charge in [-0.3, -0.25) is 9.69 Å². The standard InChI is InChI=1S/C9H17N3O/c10-9(13)7-6-11-3-2-8(7)12-4-1-5-12/h7-8,11H,1-6H2,(H2,10,13)/t7-,8-/m0/s1. The lowest BCUT2D eigenvalue weighted by Crippen LogP contribution is -2.57. The highest BCUT2D eigenvalue weighted by molar-refractivity contribution is 5.77. The molecule has 2 atom stereocenters. The smallest absolute Gasteiger partial charge is 0.223 e. The van der Waals surface area contributed by atoms with Gasteiger partial charge in [0, 0.05) is 12.6 Å². The van der Waals surface area contributed by atoms with Crippen LogP contribution in [0.15, 0.2) is 0 Å². The van der Waals surface area contributed by atoms with E-state index in [-0.39, 0.29) is 11.8 Å². The maximum Gasteiger partial charge on any atom is 0.223 e. The van der Waals surface area contributed by atoms with E-state index in [1.165, 1.54) is 6.42 Å². The van der Waals surface area contributed by atoms with Crippen molar-refractivity contribution in [1.29, 1.82) is 0 Å². The lowest BCUT2D eigenvalue weighted by Gasteiger charge is -2.43. The predicted octanol–water partition coefficient (Wildman–Crippen LogP) is -0.844. The molecule has 1 amide bonds. The molecule has 0 aromatic heterocycles. The summed E-state index contributed by atoms with van der Waals surface area (Å²) in [6.45, 7) is 4.07. The van der Waals surface area contributed by atoms with Gasteiger partial charge in [-0.15, -0.1) is 0 Å². The van der Waals surface area contributed by atoms with Crippen molar-refractivity contribution in [2.45, 2.75) is 18.9 Å². The number of amides is 1. The molecule has 0 radical (unpaired) electrons. The van der Waals surface area contributed by atoms with Gasteiger partial charge in [-0.2, -0.15) is 0 Å². The van der Waals surface area contributed by atoms with Crippen LogP contribution in [0.4, 0.5) is 0 Å². The normalized spacial score (nSPS) is 35.4. The molecule has 0 aromatic carbocycles. The number of likely N-dealkylation sites (tertiary alicyclic amines) is 1. The second-order valence-electron chi connectivity index (χ2n) is 3.96. The molecule has 2 aliphatic heterocycles. The fourth-order valence-electron chi connectivity index (χ4n) is 2.24. The Kier molecular flexibility index (Phi) is 2.51. The van der Waals surface area contributed by atoms with Crippen LogP contribution < -0.4 is 11.1 Å². The van der Waals surface area contributed by atoms with Gasteiger partial charge in [0.1, 0.15) is 0 Å². The topological polar surface area (TPSA) is 58.4 Å². The molecule has 0 aromatic rings. The summed E-state index contributed by atoms with van der Waals surface area (Å²) in [6, 6.07) is 0.410. The third-order valence-electron chi connectivity index (χ3n) is 3.17. The third kappa shape index (κ3) is 1.69. The minimum atomic E-state index is -0.149. The van der Waals surface area contributed by atoms with E-state index in [0.717, 1.165) is 32.6 Å². The van der Waals surface area contributed by atoms with Gasteiger partial charge in [0.2, 0.25) is 5.91 Å². The first-order chi connectivity index (χ1) is 6.29. The Bertz CT molecular complexity index is 203. The average molecular weight is 183 g/mol. The average Bonchev–Trinajstić information content (AvgIpc) is 2.02. The van der Waals surface area contributed by atoms with Gasteiger partial charge in [-0.1, -0.05) is 0 Å². The van der Waals surface area contributed by atoms with E-state index in [4.69, 9.17) is 5.73 Å². The van der Waals surface area contributed by atoms with Crippen molar-refractivity contribution in [3.05, 3.63) is 0 Å². The zero-order valence-electron chi connectivity index (χ0n) is 7.83. The van der Waals surface area contributed by atoms with Crippen molar-refractivity contribution in [2.75, 3.05) is 26.2 Å². The highest BCUT2D eigenvalue weighted by Crippen LogP contribution is 2.22. The molecule has 3 N–H and O–H groups in total. The van der Waals surface area contributed by atoms with E-state index in [1.807, 2.05) is 0 Å². The maximum atomic E-state index is 11.2. The zero-order valence-corrected chi connectivity index (χ0v) is 7.83. The Labute approximate surface area is 78.5 Å². The first kappa shape index (κ1) is 8.97. The molecule has 2 fully saturated rings. The van der Waals surface area contributed by atoms with Crippen LogP contribution in [0.5, 0.6) is 0 Å². The number of primary amides is 1. The molecule has 0 spiro atoms. The number of nitrogens with two attached hydrogens (primary N) is 1. The second-order valence-corrected chi connectivity index (χ2v) is 3.96. The molecule has 2 saturated heterocycles. The Morgan fingerprint density at radius 2 is 2.23 bits per heavy atom. The molecule has 0 unspecified atom stereocenters. The van der Waals surface area contributed by atoms with Gasteiger partial charge in [-0.05, 0) is 32.5 Å². The van der Waals surface area contributed by atoms with Crippen LogP contribution in [0.3, 0.4) is 0 Å². The number of hydrogen-bond donors (Lipinski definition) is 2. The van der Waals surface area contributed by atoms with Crippen molar-refractivity contribution in [3.63, 3.8) is 0 Å². The number of hydrogen-bond acceptors (Lipinski definition) is 3. The Morgan fingerprint density at radius 3 is 2.77 bits per heavy atom. The monoisotopic (exact) mass is 183 g/mol. The van der Waals surface area contributed by atoms with E-state index < -0.39 is 0 Å². The quantitative estimate of drug-likeness (QED) is 0.586. The second kappa shape index (κ2) is 3.64. The lowest BCUT2D eigenvalue weighted by molar-refractivity contribution is -0.125. The summed E-state index contributed by atoms with van der Waals surface area (Å²) < 4.78 is 0. The van der Waals surface area contributed by atoms with Gasteiger partial charge in [0.05, 0.1) is 5.92 Å². The van der Waals surface area contributed by atoms with Crippen molar-refractivity contribution in [1.82, 2.24) is 10.2 Å². The first-order valence-corrected chi connectivity index (χ1v) is 5.03. The van der Waals surface area contributed by atoms with Crippen LogP contribution in [0, 0.1) is 5.92 Å². The van der Waals surface area contributed by atoms with E-state index >= 15 is 0 Å². The zero-order chi connectivity index (χ0) is 9.26. The van der Waals surface area contributed by atoms with Crippen molar-refractivity contribution in [2.24, 2.45) is 11.7 Å². The SMILES string of the molecule is NC(=O)[C@H]1CNCC[C@@H]1N1CCC1. The van der Waals surface area contributed by atoms with Gasteiger partial charge in [-0.25, -0.2) is 0 Å². The fourth-order valence-corrected chi connectivity index (χ4v) is 2.24. The molecule has 2 heterocycles. The minimum Gasteiger partial charge on any atom is -0.369 e.